The van der Waals surface area contributed by atoms with Crippen molar-refractivity contribution in [3.63, 3.8) is 0 Å². The van der Waals surface area contributed by atoms with E-state index in [1.807, 2.05) is 19.9 Å². The molecule has 162 valence electrons. The van der Waals surface area contributed by atoms with Crippen molar-refractivity contribution < 1.29 is 17.6 Å². The van der Waals surface area contributed by atoms with Crippen LogP contribution in [0.2, 0.25) is 0 Å². The fourth-order valence-corrected chi connectivity index (χ4v) is 3.97. The van der Waals surface area contributed by atoms with E-state index in [0.717, 1.165) is 36.1 Å². The van der Waals surface area contributed by atoms with Gasteiger partial charge in [-0.25, -0.2) is 9.24 Å². The Bertz CT molecular complexity index is 1320. The molecule has 32 heavy (non-hydrogen) atoms. The van der Waals surface area contributed by atoms with E-state index in [9.17, 15) is 13.2 Å². The normalized spacial score (nSPS) is 11.7. The molecular weight excluding hydrogens is 418 g/mol. The number of halogens is 4. The molecule has 0 fully saturated rings. The van der Waals surface area contributed by atoms with E-state index in [1.165, 1.54) is 18.2 Å². The van der Waals surface area contributed by atoms with Gasteiger partial charge in [0.05, 0.1) is 23.3 Å². The minimum atomic E-state index is -4.43. The molecule has 0 unspecified atom stereocenters. The lowest BCUT2D eigenvalue weighted by Crippen LogP contribution is -2.04. The summed E-state index contributed by atoms with van der Waals surface area (Å²) >= 11 is 0. The predicted octanol–water partition coefficient (Wildman–Crippen LogP) is 7.87. The Morgan fingerprint density at radius 1 is 1.06 bits per heavy atom. The third-order valence-corrected chi connectivity index (χ3v) is 5.44. The fraction of sp³-hybridized carbons (Fsp3) is 0.200. The number of fused-ring (bicyclic) bond motifs is 1. The van der Waals surface area contributed by atoms with Gasteiger partial charge in [-0.1, -0.05) is 37.6 Å². The summed E-state index contributed by atoms with van der Waals surface area (Å²) in [6.45, 7) is 11.4. The summed E-state index contributed by atoms with van der Waals surface area (Å²) in [5.74, 6) is -0.405. The van der Waals surface area contributed by atoms with Crippen molar-refractivity contribution in [1.29, 1.82) is 0 Å². The summed E-state index contributed by atoms with van der Waals surface area (Å²) in [7, 11) is 0. The second-order valence-electron chi connectivity index (χ2n) is 7.69. The van der Waals surface area contributed by atoms with Crippen LogP contribution in [-0.2, 0) is 12.6 Å². The van der Waals surface area contributed by atoms with Gasteiger partial charge >= 0.3 is 6.18 Å². The van der Waals surface area contributed by atoms with Gasteiger partial charge < -0.3 is 0 Å². The van der Waals surface area contributed by atoms with Crippen LogP contribution in [0.5, 0.6) is 0 Å². The van der Waals surface area contributed by atoms with Gasteiger partial charge in [-0.3, -0.25) is 5.10 Å². The van der Waals surface area contributed by atoms with Crippen molar-refractivity contribution >= 4 is 16.6 Å². The monoisotopic (exact) mass is 437 g/mol. The number of alkyl halides is 3. The quantitative estimate of drug-likeness (QED) is 0.256. The van der Waals surface area contributed by atoms with Crippen molar-refractivity contribution in [2.45, 2.75) is 32.9 Å². The van der Waals surface area contributed by atoms with Crippen LogP contribution in [0, 0.1) is 19.3 Å². The Morgan fingerprint density at radius 2 is 1.78 bits per heavy atom. The number of aromatic amines is 1. The van der Waals surface area contributed by atoms with Crippen LogP contribution in [0.3, 0.4) is 0 Å². The highest BCUT2D eigenvalue weighted by Crippen LogP contribution is 2.40. The Kier molecular flexibility index (Phi) is 5.47. The van der Waals surface area contributed by atoms with Crippen molar-refractivity contribution in [3.8, 4) is 22.4 Å². The van der Waals surface area contributed by atoms with Gasteiger partial charge in [-0.05, 0) is 54.3 Å². The van der Waals surface area contributed by atoms with Gasteiger partial charge in [-0.2, -0.15) is 18.3 Å². The first-order valence-corrected chi connectivity index (χ1v) is 10.1. The molecule has 1 aromatic heterocycles. The molecule has 4 aromatic rings. The van der Waals surface area contributed by atoms with Crippen LogP contribution >= 0.6 is 0 Å². The van der Waals surface area contributed by atoms with E-state index in [-0.39, 0.29) is 5.69 Å². The molecule has 0 saturated heterocycles. The molecule has 0 aliphatic heterocycles. The molecule has 0 saturated carbocycles. The van der Waals surface area contributed by atoms with E-state index < -0.39 is 17.6 Å². The largest absolute Gasteiger partial charge is 0.416 e. The van der Waals surface area contributed by atoms with Crippen LogP contribution in [0.4, 0.5) is 23.2 Å². The number of rotatable bonds is 4. The molecule has 0 radical (unpaired) electrons. The number of nitrogens with zero attached hydrogens (tertiary/aromatic N) is 2. The van der Waals surface area contributed by atoms with Crippen LogP contribution in [-0.4, -0.2) is 10.2 Å². The third-order valence-electron chi connectivity index (χ3n) is 5.44. The molecule has 4 rings (SSSR count). The van der Waals surface area contributed by atoms with Gasteiger partial charge in [0.2, 0.25) is 0 Å². The van der Waals surface area contributed by atoms with Crippen molar-refractivity contribution in [1.82, 2.24) is 10.2 Å². The first-order valence-electron chi connectivity index (χ1n) is 10.1. The van der Waals surface area contributed by atoms with Crippen molar-refractivity contribution in [2.24, 2.45) is 0 Å². The predicted molar refractivity (Wildman–Crippen MR) is 117 cm³/mol. The molecule has 0 atom stereocenters. The highest BCUT2D eigenvalue weighted by Gasteiger charge is 2.30. The van der Waals surface area contributed by atoms with E-state index in [2.05, 4.69) is 15.0 Å². The Labute approximate surface area is 182 Å². The molecule has 3 aromatic carbocycles. The number of aryl methyl sites for hydroxylation is 2. The summed E-state index contributed by atoms with van der Waals surface area (Å²) in [6, 6.07) is 11.4. The van der Waals surface area contributed by atoms with Gasteiger partial charge in [0.1, 0.15) is 5.82 Å². The number of hydrogen-bond acceptors (Lipinski definition) is 1. The molecule has 0 aliphatic rings. The minimum Gasteiger partial charge on any atom is -0.278 e. The lowest BCUT2D eigenvalue weighted by molar-refractivity contribution is -0.137. The third kappa shape index (κ3) is 3.84. The van der Waals surface area contributed by atoms with Crippen LogP contribution < -0.4 is 0 Å². The second-order valence-corrected chi connectivity index (χ2v) is 7.69. The molecule has 3 nitrogen and oxygen atoms in total. The summed E-state index contributed by atoms with van der Waals surface area (Å²) in [4.78, 5) is 3.57. The summed E-state index contributed by atoms with van der Waals surface area (Å²) in [5.41, 5.74) is 3.39. The van der Waals surface area contributed by atoms with E-state index in [1.54, 1.807) is 12.1 Å². The molecule has 7 heteroatoms. The Hall–Kier alpha value is -3.66. The molecule has 0 amide bonds. The molecular formula is C25H19F4N3. The maximum atomic E-state index is 15.1. The number of aromatic nitrogens is 2. The van der Waals surface area contributed by atoms with Crippen molar-refractivity contribution in [2.75, 3.05) is 0 Å². The maximum Gasteiger partial charge on any atom is 0.416 e. The molecule has 1 heterocycles. The summed E-state index contributed by atoms with van der Waals surface area (Å²) < 4.78 is 53.8. The molecule has 1 N–H and O–H groups in total. The summed E-state index contributed by atoms with van der Waals surface area (Å²) in [6.07, 6.45) is -2.78. The summed E-state index contributed by atoms with van der Waals surface area (Å²) in [5, 5.41) is 7.68. The fourth-order valence-electron chi connectivity index (χ4n) is 3.97. The maximum absolute atomic E-state index is 15.1. The molecule has 0 spiro atoms. The number of benzene rings is 3. The van der Waals surface area contributed by atoms with Gasteiger partial charge in [0.25, 0.3) is 0 Å². The lowest BCUT2D eigenvalue weighted by Gasteiger charge is -2.13. The SMILES string of the molecule is [C-]#[N+]c1cc2[nH]nc(-c3ccc(C(F)(F)F)cc3)c2cc1-c1c(C)cc(CCC)cc1F. The molecule has 0 aliphatic carbocycles. The topological polar surface area (TPSA) is 33.0 Å². The highest BCUT2D eigenvalue weighted by atomic mass is 19.4. The van der Waals surface area contributed by atoms with E-state index >= 15 is 4.39 Å². The van der Waals surface area contributed by atoms with E-state index in [4.69, 9.17) is 6.57 Å². The zero-order chi connectivity index (χ0) is 23.0. The first-order chi connectivity index (χ1) is 15.2. The number of H-pyrrole nitrogens is 1. The zero-order valence-corrected chi connectivity index (χ0v) is 17.4. The van der Waals surface area contributed by atoms with Crippen LogP contribution in [0.25, 0.3) is 38.1 Å². The first kappa shape index (κ1) is 21.6. The lowest BCUT2D eigenvalue weighted by atomic mass is 9.93. The average molecular weight is 437 g/mol. The van der Waals surface area contributed by atoms with E-state index in [0.29, 0.717) is 33.3 Å². The Morgan fingerprint density at radius 3 is 2.38 bits per heavy atom. The number of nitrogens with one attached hydrogen (secondary N) is 1. The second kappa shape index (κ2) is 8.12. The Balaban J connectivity index is 1.88. The standard InChI is InChI=1S/C25H19F4N3/c1-4-5-15-10-14(2)23(20(26)11-15)18-12-19-22(13-21(18)30-3)31-32-24(19)16-6-8-17(9-7-16)25(27,28)29/h6-13H,4-5H2,1-2H3,(H,31,32). The smallest absolute Gasteiger partial charge is 0.278 e. The van der Waals surface area contributed by atoms with Crippen LogP contribution in [0.15, 0.2) is 48.5 Å². The number of hydrogen-bond donors (Lipinski definition) is 1. The van der Waals surface area contributed by atoms with Gasteiger partial charge in [0, 0.05) is 16.5 Å². The van der Waals surface area contributed by atoms with Crippen LogP contribution in [0.1, 0.15) is 30.0 Å². The zero-order valence-electron chi connectivity index (χ0n) is 17.4. The van der Waals surface area contributed by atoms with Gasteiger partial charge in [-0.15, -0.1) is 0 Å². The highest BCUT2D eigenvalue weighted by molar-refractivity contribution is 6.00. The minimum absolute atomic E-state index is 0.269. The van der Waals surface area contributed by atoms with Crippen molar-refractivity contribution in [3.05, 3.63) is 82.5 Å². The average Bonchev–Trinajstić information content (AvgIpc) is 3.15. The molecule has 0 bridgehead atoms. The van der Waals surface area contributed by atoms with Gasteiger partial charge in [0.15, 0.2) is 5.69 Å².